The highest BCUT2D eigenvalue weighted by molar-refractivity contribution is 5.89. The summed E-state index contributed by atoms with van der Waals surface area (Å²) in [5.41, 5.74) is 0.708. The molecule has 3 aromatic rings. The summed E-state index contributed by atoms with van der Waals surface area (Å²) in [6.07, 6.45) is 8.17. The Kier molecular flexibility index (Phi) is 5.43. The maximum Gasteiger partial charge on any atom is 0.416 e. The number of hydrogen-bond acceptors (Lipinski definition) is 6. The first kappa shape index (κ1) is 20.4. The zero-order chi connectivity index (χ0) is 22.0. The van der Waals surface area contributed by atoms with Crippen LogP contribution >= 0.6 is 0 Å². The molecule has 0 bridgehead atoms. The Labute approximate surface area is 185 Å². The first-order chi connectivity index (χ1) is 15.6. The molecule has 1 aliphatic heterocycles. The molecule has 0 unspecified atom stereocenters. The van der Waals surface area contributed by atoms with Crippen LogP contribution in [0.5, 0.6) is 0 Å². The van der Waals surface area contributed by atoms with Crippen molar-refractivity contribution in [1.82, 2.24) is 15.0 Å². The van der Waals surface area contributed by atoms with Gasteiger partial charge in [-0.05, 0) is 49.8 Å². The molecule has 1 aliphatic carbocycles. The van der Waals surface area contributed by atoms with Crippen molar-refractivity contribution in [1.29, 1.82) is 0 Å². The van der Waals surface area contributed by atoms with E-state index in [1.54, 1.807) is 41.7 Å². The van der Waals surface area contributed by atoms with Gasteiger partial charge in [0, 0.05) is 36.3 Å². The van der Waals surface area contributed by atoms with Crippen LogP contribution in [0.2, 0.25) is 0 Å². The summed E-state index contributed by atoms with van der Waals surface area (Å²) in [5.74, 6) is 1.31. The number of rotatable bonds is 5. The minimum absolute atomic E-state index is 0.290. The number of amides is 1. The Bertz CT molecular complexity index is 1090. The van der Waals surface area contributed by atoms with Crippen molar-refractivity contribution in [3.63, 3.8) is 0 Å². The van der Waals surface area contributed by atoms with Gasteiger partial charge in [-0.2, -0.15) is 0 Å². The maximum absolute atomic E-state index is 13.9. The topological polar surface area (TPSA) is 80.2 Å². The number of carbonyl (C=O) groups is 1. The highest BCUT2D eigenvalue weighted by Gasteiger charge is 2.47. The first-order valence-electron chi connectivity index (χ1n) is 10.8. The molecule has 0 atom stereocenters. The van der Waals surface area contributed by atoms with E-state index in [0.29, 0.717) is 35.4 Å². The molecule has 1 amide bonds. The van der Waals surface area contributed by atoms with E-state index in [1.807, 2.05) is 18.2 Å². The number of nitrogens with one attached hydrogen (secondary N) is 1. The Morgan fingerprint density at radius 1 is 1.06 bits per heavy atom. The molecule has 1 saturated carbocycles. The summed E-state index contributed by atoms with van der Waals surface area (Å²) in [5, 5.41) is 3.29. The van der Waals surface area contributed by atoms with Crippen LogP contribution in [-0.4, -0.2) is 39.7 Å². The average molecular weight is 433 g/mol. The van der Waals surface area contributed by atoms with Gasteiger partial charge in [-0.3, -0.25) is 4.90 Å². The Morgan fingerprint density at radius 3 is 2.53 bits per heavy atom. The normalized spacial score (nSPS) is 22.7. The van der Waals surface area contributed by atoms with Gasteiger partial charge in [0.25, 0.3) is 0 Å². The number of halogens is 1. The highest BCUT2D eigenvalue weighted by Crippen LogP contribution is 2.40. The average Bonchev–Trinajstić information content (AvgIpc) is 3.16. The molecule has 32 heavy (non-hydrogen) atoms. The molecule has 8 heteroatoms. The molecule has 164 valence electrons. The fourth-order valence-corrected chi connectivity index (χ4v) is 4.47. The van der Waals surface area contributed by atoms with E-state index < -0.39 is 5.60 Å². The van der Waals surface area contributed by atoms with Gasteiger partial charge in [-0.15, -0.1) is 0 Å². The molecule has 2 aromatic heterocycles. The first-order valence-corrected chi connectivity index (χ1v) is 10.8. The van der Waals surface area contributed by atoms with Gasteiger partial charge in [0.1, 0.15) is 17.2 Å². The number of hydrogen-bond donors (Lipinski definition) is 1. The van der Waals surface area contributed by atoms with Crippen LogP contribution < -0.4 is 10.2 Å². The monoisotopic (exact) mass is 433 g/mol. The third-order valence-electron chi connectivity index (χ3n) is 6.30. The molecule has 2 fully saturated rings. The summed E-state index contributed by atoms with van der Waals surface area (Å²) in [4.78, 5) is 27.0. The van der Waals surface area contributed by atoms with Crippen molar-refractivity contribution >= 4 is 17.9 Å². The molecule has 1 saturated heterocycles. The standard InChI is InChI=1S/C24H24FN5O2/c25-20-6-2-1-5-19(20)18-14-28-22(29-15-18)27-13-17-8-10-24(11-9-17)16-30(23(31)32-24)21-7-3-4-12-26-21/h1-7,12,14-15,17H,8-11,13,16H2,(H,27,28,29)/t17-,24-. The van der Waals surface area contributed by atoms with Crippen molar-refractivity contribution < 1.29 is 13.9 Å². The molecule has 2 aliphatic rings. The minimum atomic E-state index is -0.428. The number of anilines is 2. The number of pyridine rings is 1. The molecule has 1 spiro atoms. The van der Waals surface area contributed by atoms with E-state index in [9.17, 15) is 9.18 Å². The molecule has 7 nitrogen and oxygen atoms in total. The van der Waals surface area contributed by atoms with Crippen LogP contribution in [0.15, 0.2) is 61.1 Å². The molecule has 1 N–H and O–H groups in total. The summed E-state index contributed by atoms with van der Waals surface area (Å²) in [6, 6.07) is 12.1. The zero-order valence-electron chi connectivity index (χ0n) is 17.6. The minimum Gasteiger partial charge on any atom is -0.441 e. The summed E-state index contributed by atoms with van der Waals surface area (Å²) in [6.45, 7) is 1.29. The fourth-order valence-electron chi connectivity index (χ4n) is 4.47. The lowest BCUT2D eigenvalue weighted by Crippen LogP contribution is -2.39. The number of aromatic nitrogens is 3. The third kappa shape index (κ3) is 4.12. The van der Waals surface area contributed by atoms with Crippen LogP contribution in [0.1, 0.15) is 25.7 Å². The number of benzene rings is 1. The van der Waals surface area contributed by atoms with Gasteiger partial charge >= 0.3 is 6.09 Å². The lowest BCUT2D eigenvalue weighted by molar-refractivity contribution is 0.0148. The largest absolute Gasteiger partial charge is 0.441 e. The Hall–Kier alpha value is -3.55. The lowest BCUT2D eigenvalue weighted by atomic mass is 9.78. The second-order valence-electron chi connectivity index (χ2n) is 8.42. The van der Waals surface area contributed by atoms with Crippen LogP contribution in [-0.2, 0) is 4.74 Å². The summed E-state index contributed by atoms with van der Waals surface area (Å²) in [7, 11) is 0. The van der Waals surface area contributed by atoms with Gasteiger partial charge < -0.3 is 10.1 Å². The van der Waals surface area contributed by atoms with Crippen molar-refractivity contribution in [2.75, 3.05) is 23.3 Å². The molecule has 3 heterocycles. The predicted molar refractivity (Wildman–Crippen MR) is 119 cm³/mol. The number of carbonyl (C=O) groups excluding carboxylic acids is 1. The molecule has 1 aromatic carbocycles. The van der Waals surface area contributed by atoms with Crippen molar-refractivity contribution in [2.24, 2.45) is 5.92 Å². The van der Waals surface area contributed by atoms with Crippen molar-refractivity contribution in [3.05, 3.63) is 66.9 Å². The van der Waals surface area contributed by atoms with Crippen LogP contribution in [0.25, 0.3) is 11.1 Å². The van der Waals surface area contributed by atoms with Gasteiger partial charge in [0.2, 0.25) is 5.95 Å². The second kappa shape index (κ2) is 8.53. The van der Waals surface area contributed by atoms with Gasteiger partial charge in [0.15, 0.2) is 0 Å². The molecule has 5 rings (SSSR count). The maximum atomic E-state index is 13.9. The van der Waals surface area contributed by atoms with Crippen molar-refractivity contribution in [3.8, 4) is 11.1 Å². The second-order valence-corrected chi connectivity index (χ2v) is 8.42. The molecule has 0 radical (unpaired) electrons. The van der Waals surface area contributed by atoms with E-state index >= 15 is 0 Å². The predicted octanol–water partition coefficient (Wildman–Crippen LogP) is 4.68. The van der Waals surface area contributed by atoms with E-state index in [0.717, 1.165) is 32.2 Å². The van der Waals surface area contributed by atoms with Crippen LogP contribution in [0.4, 0.5) is 21.0 Å². The fraction of sp³-hybridized carbons (Fsp3) is 0.333. The smallest absolute Gasteiger partial charge is 0.416 e. The SMILES string of the molecule is O=C1O[C@]2(CC[C@H](CNc3ncc(-c4ccccc4F)cn3)CC2)CN1c1ccccn1. The van der Waals surface area contributed by atoms with Crippen molar-refractivity contribution in [2.45, 2.75) is 31.3 Å². The van der Waals surface area contributed by atoms with E-state index in [1.165, 1.54) is 6.07 Å². The number of ether oxygens (including phenoxy) is 1. The molecular weight excluding hydrogens is 409 g/mol. The van der Waals surface area contributed by atoms with E-state index in [-0.39, 0.29) is 11.9 Å². The molecular formula is C24H24FN5O2. The van der Waals surface area contributed by atoms with Crippen LogP contribution in [0.3, 0.4) is 0 Å². The Balaban J connectivity index is 1.14. The van der Waals surface area contributed by atoms with Gasteiger partial charge in [-0.25, -0.2) is 24.1 Å². The lowest BCUT2D eigenvalue weighted by Gasteiger charge is -2.35. The highest BCUT2D eigenvalue weighted by atomic mass is 19.1. The summed E-state index contributed by atoms with van der Waals surface area (Å²) >= 11 is 0. The van der Waals surface area contributed by atoms with Crippen LogP contribution in [0, 0.1) is 11.7 Å². The van der Waals surface area contributed by atoms with E-state index in [4.69, 9.17) is 4.74 Å². The van der Waals surface area contributed by atoms with Gasteiger partial charge in [0.05, 0.1) is 6.54 Å². The Morgan fingerprint density at radius 2 is 1.81 bits per heavy atom. The van der Waals surface area contributed by atoms with Gasteiger partial charge in [-0.1, -0.05) is 24.3 Å². The quantitative estimate of drug-likeness (QED) is 0.630. The third-order valence-corrected chi connectivity index (χ3v) is 6.30. The zero-order valence-corrected chi connectivity index (χ0v) is 17.6. The summed E-state index contributed by atoms with van der Waals surface area (Å²) < 4.78 is 19.7. The number of nitrogens with zero attached hydrogens (tertiary/aromatic N) is 4. The van der Waals surface area contributed by atoms with E-state index in [2.05, 4.69) is 20.3 Å².